The summed E-state index contributed by atoms with van der Waals surface area (Å²) in [5, 5.41) is 0. The third-order valence-electron chi connectivity index (χ3n) is 2.48. The molecule has 0 radical (unpaired) electrons. The Bertz CT molecular complexity index is 540. The van der Waals surface area contributed by atoms with Crippen LogP contribution in [0.4, 0.5) is 10.2 Å². The van der Waals surface area contributed by atoms with Crippen LogP contribution >= 0.6 is 0 Å². The molecule has 2 aromatic rings. The minimum absolute atomic E-state index is 0.140. The van der Waals surface area contributed by atoms with E-state index < -0.39 is 0 Å². The van der Waals surface area contributed by atoms with Crippen molar-refractivity contribution < 1.29 is 9.13 Å². The molecule has 0 saturated heterocycles. The van der Waals surface area contributed by atoms with Crippen LogP contribution in [0, 0.1) is 5.82 Å². The molecule has 94 valence electrons. The molecule has 5 heteroatoms. The number of aromatic nitrogens is 2. The first-order chi connectivity index (χ1) is 8.58. The van der Waals surface area contributed by atoms with Crippen molar-refractivity contribution in [2.24, 2.45) is 0 Å². The van der Waals surface area contributed by atoms with Gasteiger partial charge in [0.05, 0.1) is 5.56 Å². The zero-order valence-corrected chi connectivity index (χ0v) is 10.2. The number of anilines is 1. The van der Waals surface area contributed by atoms with E-state index in [0.29, 0.717) is 17.4 Å². The van der Waals surface area contributed by atoms with Gasteiger partial charge in [0.2, 0.25) is 5.88 Å². The molecular weight excluding hydrogens is 233 g/mol. The fraction of sp³-hybridized carbons (Fsp3) is 0.231. The molecule has 1 aromatic carbocycles. The third kappa shape index (κ3) is 2.56. The number of halogens is 1. The van der Waals surface area contributed by atoms with Gasteiger partial charge in [-0.05, 0) is 30.2 Å². The summed E-state index contributed by atoms with van der Waals surface area (Å²) >= 11 is 0. The van der Waals surface area contributed by atoms with Gasteiger partial charge in [-0.25, -0.2) is 14.4 Å². The quantitative estimate of drug-likeness (QED) is 0.905. The highest BCUT2D eigenvalue weighted by Crippen LogP contribution is 2.31. The molecular formula is C13H14FN3O. The van der Waals surface area contributed by atoms with E-state index in [1.807, 2.05) is 13.8 Å². The summed E-state index contributed by atoms with van der Waals surface area (Å²) in [6, 6.07) is 5.74. The summed E-state index contributed by atoms with van der Waals surface area (Å²) in [6.45, 7) is 3.96. The molecule has 0 unspecified atom stereocenters. The van der Waals surface area contributed by atoms with E-state index in [4.69, 9.17) is 10.5 Å². The fourth-order valence-corrected chi connectivity index (χ4v) is 1.63. The molecule has 0 spiro atoms. The van der Waals surface area contributed by atoms with Gasteiger partial charge in [0.1, 0.15) is 23.7 Å². The van der Waals surface area contributed by atoms with Crippen molar-refractivity contribution in [1.82, 2.24) is 9.97 Å². The Kier molecular flexibility index (Phi) is 3.41. The largest absolute Gasteiger partial charge is 0.439 e. The molecule has 2 N–H and O–H groups in total. The predicted molar refractivity (Wildman–Crippen MR) is 67.0 cm³/mol. The smallest absolute Gasteiger partial charge is 0.227 e. The van der Waals surface area contributed by atoms with E-state index in [9.17, 15) is 4.39 Å². The molecule has 0 aliphatic rings. The van der Waals surface area contributed by atoms with E-state index in [2.05, 4.69) is 9.97 Å². The van der Waals surface area contributed by atoms with Crippen LogP contribution in [0.2, 0.25) is 0 Å². The third-order valence-corrected chi connectivity index (χ3v) is 2.48. The van der Waals surface area contributed by atoms with Crippen molar-refractivity contribution in [1.29, 1.82) is 0 Å². The lowest BCUT2D eigenvalue weighted by Crippen LogP contribution is -2.04. The molecule has 0 amide bonds. The van der Waals surface area contributed by atoms with Gasteiger partial charge in [0, 0.05) is 0 Å². The highest BCUT2D eigenvalue weighted by molar-refractivity contribution is 5.48. The van der Waals surface area contributed by atoms with Gasteiger partial charge in [0.15, 0.2) is 0 Å². The van der Waals surface area contributed by atoms with Crippen LogP contribution in [0.25, 0.3) is 0 Å². The van der Waals surface area contributed by atoms with Gasteiger partial charge in [0.25, 0.3) is 0 Å². The van der Waals surface area contributed by atoms with E-state index in [1.54, 1.807) is 0 Å². The number of nitrogens with two attached hydrogens (primary N) is 1. The van der Waals surface area contributed by atoms with E-state index in [0.717, 1.165) is 5.56 Å². The van der Waals surface area contributed by atoms with Crippen LogP contribution in [0.1, 0.15) is 25.3 Å². The van der Waals surface area contributed by atoms with Crippen molar-refractivity contribution in [3.05, 3.63) is 42.0 Å². The van der Waals surface area contributed by atoms with Crippen LogP contribution in [0.15, 0.2) is 30.6 Å². The molecule has 0 fully saturated rings. The summed E-state index contributed by atoms with van der Waals surface area (Å²) in [7, 11) is 0. The molecule has 18 heavy (non-hydrogen) atoms. The summed E-state index contributed by atoms with van der Waals surface area (Å²) in [5.41, 5.74) is 6.56. The van der Waals surface area contributed by atoms with Crippen LogP contribution in [-0.2, 0) is 0 Å². The number of nitrogen functional groups attached to an aromatic ring is 1. The summed E-state index contributed by atoms with van der Waals surface area (Å²) in [5.74, 6) is 1.15. The van der Waals surface area contributed by atoms with E-state index in [-0.39, 0.29) is 11.7 Å². The van der Waals surface area contributed by atoms with Crippen LogP contribution in [0.3, 0.4) is 0 Å². The fourth-order valence-electron chi connectivity index (χ4n) is 1.63. The van der Waals surface area contributed by atoms with Gasteiger partial charge in [-0.15, -0.1) is 0 Å². The molecule has 0 saturated carbocycles. The van der Waals surface area contributed by atoms with Crippen LogP contribution < -0.4 is 10.5 Å². The number of hydrogen-bond donors (Lipinski definition) is 1. The van der Waals surface area contributed by atoms with Crippen LogP contribution in [0.5, 0.6) is 11.6 Å². The Labute approximate surface area is 105 Å². The van der Waals surface area contributed by atoms with Crippen molar-refractivity contribution >= 4 is 5.82 Å². The average molecular weight is 247 g/mol. The number of hydrogen-bond acceptors (Lipinski definition) is 4. The van der Waals surface area contributed by atoms with Gasteiger partial charge in [-0.2, -0.15) is 0 Å². The van der Waals surface area contributed by atoms with E-state index >= 15 is 0 Å². The Morgan fingerprint density at radius 1 is 1.17 bits per heavy atom. The SMILES string of the molecule is CC(C)c1c(N)ncnc1Oc1ccc(F)cc1. The first-order valence-electron chi connectivity index (χ1n) is 5.61. The zero-order valence-electron chi connectivity index (χ0n) is 10.2. The maximum atomic E-state index is 12.8. The predicted octanol–water partition coefficient (Wildman–Crippen LogP) is 3.11. The maximum absolute atomic E-state index is 12.8. The van der Waals surface area contributed by atoms with Gasteiger partial charge >= 0.3 is 0 Å². The highest BCUT2D eigenvalue weighted by atomic mass is 19.1. The monoisotopic (exact) mass is 247 g/mol. The lowest BCUT2D eigenvalue weighted by atomic mass is 10.1. The topological polar surface area (TPSA) is 61.0 Å². The van der Waals surface area contributed by atoms with Crippen molar-refractivity contribution in [3.8, 4) is 11.6 Å². The Hall–Kier alpha value is -2.17. The first-order valence-corrected chi connectivity index (χ1v) is 5.61. The highest BCUT2D eigenvalue weighted by Gasteiger charge is 2.14. The van der Waals surface area contributed by atoms with Crippen molar-refractivity contribution in [2.75, 3.05) is 5.73 Å². The maximum Gasteiger partial charge on any atom is 0.227 e. The zero-order chi connectivity index (χ0) is 13.1. The van der Waals surface area contributed by atoms with Crippen molar-refractivity contribution in [3.63, 3.8) is 0 Å². The minimum Gasteiger partial charge on any atom is -0.439 e. The molecule has 0 aliphatic heterocycles. The molecule has 0 atom stereocenters. The van der Waals surface area contributed by atoms with Crippen LogP contribution in [-0.4, -0.2) is 9.97 Å². The minimum atomic E-state index is -0.311. The van der Waals surface area contributed by atoms with Gasteiger partial charge in [-0.1, -0.05) is 13.8 Å². The number of nitrogens with zero attached hydrogens (tertiary/aromatic N) is 2. The number of benzene rings is 1. The lowest BCUT2D eigenvalue weighted by molar-refractivity contribution is 0.450. The Morgan fingerprint density at radius 3 is 2.44 bits per heavy atom. The summed E-state index contributed by atoms with van der Waals surface area (Å²) in [6.07, 6.45) is 1.35. The number of rotatable bonds is 3. The Balaban J connectivity index is 2.34. The second kappa shape index (κ2) is 5.00. The first kappa shape index (κ1) is 12.3. The second-order valence-corrected chi connectivity index (χ2v) is 4.19. The molecule has 0 aliphatic carbocycles. The molecule has 1 aromatic heterocycles. The molecule has 2 rings (SSSR count). The second-order valence-electron chi connectivity index (χ2n) is 4.19. The van der Waals surface area contributed by atoms with E-state index in [1.165, 1.54) is 30.6 Å². The average Bonchev–Trinajstić information content (AvgIpc) is 2.32. The molecule has 4 nitrogen and oxygen atoms in total. The van der Waals surface area contributed by atoms with Crippen molar-refractivity contribution in [2.45, 2.75) is 19.8 Å². The molecule has 0 bridgehead atoms. The lowest BCUT2D eigenvalue weighted by Gasteiger charge is -2.13. The Morgan fingerprint density at radius 2 is 1.83 bits per heavy atom. The normalized spacial score (nSPS) is 10.7. The summed E-state index contributed by atoms with van der Waals surface area (Å²) < 4.78 is 18.4. The van der Waals surface area contributed by atoms with Gasteiger partial charge in [-0.3, -0.25) is 0 Å². The molecule has 1 heterocycles. The summed E-state index contributed by atoms with van der Waals surface area (Å²) in [4.78, 5) is 8.01. The standard InChI is InChI=1S/C13H14FN3O/c1-8(2)11-12(15)16-7-17-13(11)18-10-5-3-9(14)4-6-10/h3-8H,1-2H3,(H2,15,16,17). The van der Waals surface area contributed by atoms with Gasteiger partial charge < -0.3 is 10.5 Å². The number of ether oxygens (including phenoxy) is 1.